The molecule has 1 atom stereocenters. The number of carbonyl (C=O) groups excluding carboxylic acids is 1. The number of rotatable bonds is 3. The summed E-state index contributed by atoms with van der Waals surface area (Å²) in [4.78, 5) is 17.1. The molecule has 2 heterocycles. The van der Waals surface area contributed by atoms with Crippen LogP contribution in [-0.2, 0) is 4.79 Å². The second-order valence-electron chi connectivity index (χ2n) is 7.51. The number of nitrogens with one attached hydrogen (secondary N) is 1. The van der Waals surface area contributed by atoms with Gasteiger partial charge in [-0.3, -0.25) is 4.79 Å². The van der Waals surface area contributed by atoms with Gasteiger partial charge in [-0.15, -0.1) is 0 Å². The Morgan fingerprint density at radius 1 is 1.30 bits per heavy atom. The Hall–Kier alpha value is -0.610. The monoisotopic (exact) mass is 281 g/mol. The molecule has 116 valence electrons. The summed E-state index contributed by atoms with van der Waals surface area (Å²) < 4.78 is 0. The summed E-state index contributed by atoms with van der Waals surface area (Å²) in [6, 6.07) is 0.0154. The first-order chi connectivity index (χ1) is 9.40. The molecule has 2 saturated heterocycles. The van der Waals surface area contributed by atoms with Crippen LogP contribution in [0, 0.1) is 11.3 Å². The van der Waals surface area contributed by atoms with E-state index in [-0.39, 0.29) is 11.5 Å². The van der Waals surface area contributed by atoms with E-state index in [1.807, 2.05) is 0 Å². The van der Waals surface area contributed by atoms with Crippen LogP contribution in [0.2, 0.25) is 0 Å². The van der Waals surface area contributed by atoms with Crippen LogP contribution in [0.15, 0.2) is 0 Å². The van der Waals surface area contributed by atoms with Gasteiger partial charge in [0.05, 0.1) is 6.04 Å². The molecule has 0 saturated carbocycles. The maximum atomic E-state index is 12.8. The van der Waals surface area contributed by atoms with Crippen LogP contribution >= 0.6 is 0 Å². The zero-order chi connectivity index (χ0) is 14.8. The summed E-state index contributed by atoms with van der Waals surface area (Å²) >= 11 is 0. The van der Waals surface area contributed by atoms with Crippen molar-refractivity contribution in [1.82, 2.24) is 15.1 Å². The molecule has 4 heteroatoms. The van der Waals surface area contributed by atoms with Crippen LogP contribution in [0.1, 0.15) is 39.5 Å². The highest BCUT2D eigenvalue weighted by molar-refractivity contribution is 5.83. The van der Waals surface area contributed by atoms with Crippen LogP contribution in [0.25, 0.3) is 0 Å². The third-order valence-electron chi connectivity index (χ3n) is 4.92. The topological polar surface area (TPSA) is 35.6 Å². The van der Waals surface area contributed by atoms with Gasteiger partial charge in [-0.1, -0.05) is 13.8 Å². The average molecular weight is 281 g/mol. The normalized spacial score (nSPS) is 27.9. The van der Waals surface area contributed by atoms with Gasteiger partial charge in [0.25, 0.3) is 0 Å². The number of hydrogen-bond donors (Lipinski definition) is 1. The Morgan fingerprint density at radius 3 is 2.50 bits per heavy atom. The van der Waals surface area contributed by atoms with E-state index in [0.717, 1.165) is 51.4 Å². The van der Waals surface area contributed by atoms with Gasteiger partial charge in [0, 0.05) is 19.6 Å². The fourth-order valence-corrected chi connectivity index (χ4v) is 3.67. The van der Waals surface area contributed by atoms with E-state index in [1.54, 1.807) is 0 Å². The molecule has 0 spiro atoms. The molecule has 1 unspecified atom stereocenters. The van der Waals surface area contributed by atoms with Crippen molar-refractivity contribution in [3.8, 4) is 0 Å². The molecule has 2 rings (SSSR count). The van der Waals surface area contributed by atoms with Gasteiger partial charge in [-0.05, 0) is 57.7 Å². The van der Waals surface area contributed by atoms with Crippen molar-refractivity contribution in [3.05, 3.63) is 0 Å². The Morgan fingerprint density at radius 2 is 1.95 bits per heavy atom. The van der Waals surface area contributed by atoms with Crippen molar-refractivity contribution in [2.24, 2.45) is 11.3 Å². The molecular weight excluding hydrogens is 250 g/mol. The third-order valence-corrected chi connectivity index (χ3v) is 4.92. The highest BCUT2D eigenvalue weighted by Crippen LogP contribution is 2.32. The van der Waals surface area contributed by atoms with Crippen molar-refractivity contribution in [2.45, 2.75) is 45.6 Å². The Balaban J connectivity index is 1.88. The molecule has 1 amide bonds. The Bertz CT molecular complexity index is 333. The molecule has 0 aromatic carbocycles. The number of nitrogens with zero attached hydrogens (tertiary/aromatic N) is 2. The van der Waals surface area contributed by atoms with E-state index < -0.39 is 0 Å². The molecule has 2 fully saturated rings. The van der Waals surface area contributed by atoms with Gasteiger partial charge in [0.1, 0.15) is 0 Å². The molecule has 2 aliphatic rings. The largest absolute Gasteiger partial charge is 0.341 e. The molecule has 0 radical (unpaired) electrons. The summed E-state index contributed by atoms with van der Waals surface area (Å²) in [7, 11) is 4.26. The van der Waals surface area contributed by atoms with Crippen LogP contribution in [0.4, 0.5) is 0 Å². The molecule has 0 aromatic heterocycles. The van der Waals surface area contributed by atoms with Gasteiger partial charge < -0.3 is 15.1 Å². The van der Waals surface area contributed by atoms with Gasteiger partial charge in [-0.2, -0.15) is 0 Å². The molecule has 2 aliphatic heterocycles. The van der Waals surface area contributed by atoms with Crippen LogP contribution in [0.5, 0.6) is 0 Å². The van der Waals surface area contributed by atoms with Crippen molar-refractivity contribution < 1.29 is 4.79 Å². The van der Waals surface area contributed by atoms with Crippen LogP contribution in [-0.4, -0.2) is 62.0 Å². The van der Waals surface area contributed by atoms with Gasteiger partial charge in [0.2, 0.25) is 5.91 Å². The minimum Gasteiger partial charge on any atom is -0.341 e. The third kappa shape index (κ3) is 3.73. The van der Waals surface area contributed by atoms with Crippen molar-refractivity contribution >= 4 is 5.91 Å². The molecule has 1 N–H and O–H groups in total. The summed E-state index contributed by atoms with van der Waals surface area (Å²) in [5.74, 6) is 1.08. The number of piperidine rings is 2. The standard InChI is InChI=1S/C16H31N3O/c1-16(2)8-5-9-17-14(16)15(20)19-10-6-13(7-11-19)12-18(3)4/h13-14,17H,5-12H2,1-4H3. The second-order valence-corrected chi connectivity index (χ2v) is 7.51. The maximum absolute atomic E-state index is 12.8. The zero-order valence-corrected chi connectivity index (χ0v) is 13.6. The van der Waals surface area contributed by atoms with E-state index in [4.69, 9.17) is 0 Å². The number of hydrogen-bond acceptors (Lipinski definition) is 3. The van der Waals surface area contributed by atoms with E-state index >= 15 is 0 Å². The molecular formula is C16H31N3O. The predicted octanol–water partition coefficient (Wildman–Crippen LogP) is 1.56. The second kappa shape index (κ2) is 6.44. The highest BCUT2D eigenvalue weighted by atomic mass is 16.2. The first-order valence-corrected chi connectivity index (χ1v) is 8.07. The van der Waals surface area contributed by atoms with Crippen molar-refractivity contribution in [1.29, 1.82) is 0 Å². The quantitative estimate of drug-likeness (QED) is 0.853. The van der Waals surface area contributed by atoms with Gasteiger partial charge in [0.15, 0.2) is 0 Å². The van der Waals surface area contributed by atoms with Gasteiger partial charge in [-0.25, -0.2) is 0 Å². The molecule has 20 heavy (non-hydrogen) atoms. The molecule has 0 aliphatic carbocycles. The van der Waals surface area contributed by atoms with E-state index in [2.05, 4.69) is 43.1 Å². The summed E-state index contributed by atoms with van der Waals surface area (Å²) in [5.41, 5.74) is 0.0931. The van der Waals surface area contributed by atoms with Crippen molar-refractivity contribution in [3.63, 3.8) is 0 Å². The fourth-order valence-electron chi connectivity index (χ4n) is 3.67. The smallest absolute Gasteiger partial charge is 0.240 e. The van der Waals surface area contributed by atoms with Crippen LogP contribution < -0.4 is 5.32 Å². The summed E-state index contributed by atoms with van der Waals surface area (Å²) in [5, 5.41) is 3.45. The van der Waals surface area contributed by atoms with E-state index in [1.165, 1.54) is 6.42 Å². The summed E-state index contributed by atoms with van der Waals surface area (Å²) in [6.45, 7) is 8.45. The predicted molar refractivity (Wildman–Crippen MR) is 82.7 cm³/mol. The first-order valence-electron chi connectivity index (χ1n) is 8.07. The average Bonchev–Trinajstić information content (AvgIpc) is 2.37. The number of carbonyl (C=O) groups is 1. The van der Waals surface area contributed by atoms with Crippen LogP contribution in [0.3, 0.4) is 0 Å². The molecule has 4 nitrogen and oxygen atoms in total. The number of likely N-dealkylation sites (tertiary alicyclic amines) is 1. The van der Waals surface area contributed by atoms with E-state index in [0.29, 0.717) is 5.91 Å². The number of amides is 1. The lowest BCUT2D eigenvalue weighted by molar-refractivity contribution is -0.138. The lowest BCUT2D eigenvalue weighted by Crippen LogP contribution is -2.57. The minimum absolute atomic E-state index is 0.0154. The molecule has 0 aromatic rings. The van der Waals surface area contributed by atoms with Gasteiger partial charge >= 0.3 is 0 Å². The Kier molecular flexibility index (Phi) is 5.08. The molecule has 0 bridgehead atoms. The summed E-state index contributed by atoms with van der Waals surface area (Å²) in [6.07, 6.45) is 4.63. The fraction of sp³-hybridized carbons (Fsp3) is 0.938. The lowest BCUT2D eigenvalue weighted by atomic mass is 9.76. The zero-order valence-electron chi connectivity index (χ0n) is 13.6. The minimum atomic E-state index is 0.0154. The van der Waals surface area contributed by atoms with E-state index in [9.17, 15) is 4.79 Å². The van der Waals surface area contributed by atoms with Crippen molar-refractivity contribution in [2.75, 3.05) is 40.3 Å². The first kappa shape index (κ1) is 15.8. The lowest BCUT2D eigenvalue weighted by Gasteiger charge is -2.42. The SMILES string of the molecule is CN(C)CC1CCN(C(=O)C2NCCCC2(C)C)CC1. The Labute approximate surface area is 123 Å². The maximum Gasteiger partial charge on any atom is 0.240 e. The highest BCUT2D eigenvalue weighted by Gasteiger charge is 2.39.